The maximum atomic E-state index is 5.55. The minimum absolute atomic E-state index is 0.620. The number of benzene rings is 1. The largest absolute Gasteiger partial charge is 0.380 e. The number of hydrogen-bond acceptors (Lipinski definition) is 3. The molecule has 0 saturated carbocycles. The summed E-state index contributed by atoms with van der Waals surface area (Å²) in [7, 11) is 0. The van der Waals surface area contributed by atoms with E-state index in [2.05, 4.69) is 48.3 Å². The molecule has 1 unspecified atom stereocenters. The van der Waals surface area contributed by atoms with Gasteiger partial charge in [-0.15, -0.1) is 0 Å². The van der Waals surface area contributed by atoms with Crippen LogP contribution in [-0.2, 0) is 11.2 Å². The van der Waals surface area contributed by atoms with Crippen LogP contribution in [-0.4, -0.2) is 38.9 Å². The number of hydrogen-bond donors (Lipinski definition) is 1. The van der Waals surface area contributed by atoms with Gasteiger partial charge in [0.1, 0.15) is 0 Å². The van der Waals surface area contributed by atoms with Crippen molar-refractivity contribution in [2.24, 2.45) is 0 Å². The van der Waals surface area contributed by atoms with E-state index in [0.717, 1.165) is 32.8 Å². The second-order valence-corrected chi connectivity index (χ2v) is 5.59. The topological polar surface area (TPSA) is 24.5 Å². The monoisotopic (exact) mass is 276 g/mol. The Morgan fingerprint density at radius 2 is 2.10 bits per heavy atom. The number of unbranched alkanes of at least 4 members (excludes halogenated alkanes) is 1. The zero-order valence-corrected chi connectivity index (χ0v) is 12.9. The van der Waals surface area contributed by atoms with Crippen LogP contribution in [0.1, 0.15) is 32.3 Å². The molecule has 0 amide bonds. The van der Waals surface area contributed by atoms with Crippen molar-refractivity contribution in [1.82, 2.24) is 5.32 Å². The summed E-state index contributed by atoms with van der Waals surface area (Å²) in [6, 6.07) is 9.39. The molecule has 0 aromatic heterocycles. The van der Waals surface area contributed by atoms with E-state index in [1.165, 1.54) is 30.5 Å². The maximum Gasteiger partial charge on any atom is 0.0590 e. The fourth-order valence-electron chi connectivity index (χ4n) is 2.79. The SMILES string of the molecule is CCCCOCCNCCN1c2ccccc2CC1C. The number of rotatable bonds is 9. The lowest BCUT2D eigenvalue weighted by molar-refractivity contribution is 0.133. The Bertz CT molecular complexity index is 394. The van der Waals surface area contributed by atoms with Crippen molar-refractivity contribution < 1.29 is 4.74 Å². The fourth-order valence-corrected chi connectivity index (χ4v) is 2.79. The molecule has 3 heteroatoms. The number of anilines is 1. The van der Waals surface area contributed by atoms with E-state index >= 15 is 0 Å². The summed E-state index contributed by atoms with van der Waals surface area (Å²) in [6.07, 6.45) is 3.55. The molecule has 0 aliphatic carbocycles. The van der Waals surface area contributed by atoms with Crippen molar-refractivity contribution in [2.75, 3.05) is 37.7 Å². The van der Waals surface area contributed by atoms with Crippen molar-refractivity contribution in [3.63, 3.8) is 0 Å². The van der Waals surface area contributed by atoms with E-state index in [4.69, 9.17) is 4.74 Å². The Labute approximate surface area is 123 Å². The zero-order chi connectivity index (χ0) is 14.2. The molecule has 0 saturated heterocycles. The van der Waals surface area contributed by atoms with Crippen LogP contribution in [0.15, 0.2) is 24.3 Å². The van der Waals surface area contributed by atoms with Crippen LogP contribution in [0.3, 0.4) is 0 Å². The number of nitrogens with one attached hydrogen (secondary N) is 1. The third-order valence-corrected chi connectivity index (χ3v) is 3.94. The zero-order valence-electron chi connectivity index (χ0n) is 12.9. The summed E-state index contributed by atoms with van der Waals surface area (Å²) in [5.41, 5.74) is 2.91. The molecule has 0 radical (unpaired) electrons. The fraction of sp³-hybridized carbons (Fsp3) is 0.647. The minimum atomic E-state index is 0.620. The summed E-state index contributed by atoms with van der Waals surface area (Å²) in [6.45, 7) is 9.28. The van der Waals surface area contributed by atoms with Crippen LogP contribution in [0.25, 0.3) is 0 Å². The quantitative estimate of drug-likeness (QED) is 0.702. The molecule has 3 nitrogen and oxygen atoms in total. The molecule has 1 aromatic carbocycles. The highest BCUT2D eigenvalue weighted by Gasteiger charge is 2.24. The molecule has 0 fully saturated rings. The van der Waals surface area contributed by atoms with Gasteiger partial charge in [0, 0.05) is 38.0 Å². The standard InChI is InChI=1S/C17H28N2O/c1-3-4-12-20-13-10-18-9-11-19-15(2)14-16-7-5-6-8-17(16)19/h5-8,15,18H,3-4,9-14H2,1-2H3. The van der Waals surface area contributed by atoms with Crippen molar-refractivity contribution >= 4 is 5.69 Å². The van der Waals surface area contributed by atoms with Gasteiger partial charge >= 0.3 is 0 Å². The van der Waals surface area contributed by atoms with E-state index in [1.54, 1.807) is 0 Å². The Morgan fingerprint density at radius 1 is 1.25 bits per heavy atom. The first kappa shape index (κ1) is 15.3. The van der Waals surface area contributed by atoms with Crippen LogP contribution in [0.4, 0.5) is 5.69 Å². The number of para-hydroxylation sites is 1. The average molecular weight is 276 g/mol. The summed E-state index contributed by atoms with van der Waals surface area (Å²) in [4.78, 5) is 2.51. The Hall–Kier alpha value is -1.06. The predicted molar refractivity (Wildman–Crippen MR) is 85.6 cm³/mol. The van der Waals surface area contributed by atoms with Crippen LogP contribution in [0.2, 0.25) is 0 Å². The molecular formula is C17H28N2O. The first-order valence-electron chi connectivity index (χ1n) is 7.96. The van der Waals surface area contributed by atoms with Gasteiger partial charge in [-0.1, -0.05) is 31.5 Å². The van der Waals surface area contributed by atoms with E-state index in [9.17, 15) is 0 Å². The lowest BCUT2D eigenvalue weighted by atomic mass is 10.1. The van der Waals surface area contributed by atoms with Gasteiger partial charge in [0.25, 0.3) is 0 Å². The number of fused-ring (bicyclic) bond motifs is 1. The lowest BCUT2D eigenvalue weighted by Crippen LogP contribution is -2.36. The second-order valence-electron chi connectivity index (χ2n) is 5.59. The molecule has 1 heterocycles. The lowest BCUT2D eigenvalue weighted by Gasteiger charge is -2.25. The summed E-state index contributed by atoms with van der Waals surface area (Å²) < 4.78 is 5.55. The molecule has 1 aliphatic heterocycles. The van der Waals surface area contributed by atoms with Crippen molar-refractivity contribution in [3.8, 4) is 0 Å². The molecule has 1 aromatic rings. The summed E-state index contributed by atoms with van der Waals surface area (Å²) in [5.74, 6) is 0. The molecule has 112 valence electrons. The van der Waals surface area contributed by atoms with Gasteiger partial charge in [-0.25, -0.2) is 0 Å². The molecule has 20 heavy (non-hydrogen) atoms. The highest BCUT2D eigenvalue weighted by molar-refractivity contribution is 5.59. The second kappa shape index (κ2) is 8.28. The van der Waals surface area contributed by atoms with Crippen LogP contribution in [0, 0.1) is 0 Å². The molecule has 0 spiro atoms. The van der Waals surface area contributed by atoms with Gasteiger partial charge in [-0.05, 0) is 31.4 Å². The van der Waals surface area contributed by atoms with E-state index in [0.29, 0.717) is 6.04 Å². The summed E-state index contributed by atoms with van der Waals surface area (Å²) in [5, 5.41) is 3.47. The Kier molecular flexibility index (Phi) is 6.34. The Morgan fingerprint density at radius 3 is 2.95 bits per heavy atom. The van der Waals surface area contributed by atoms with Gasteiger partial charge in [0.15, 0.2) is 0 Å². The molecule has 1 atom stereocenters. The average Bonchev–Trinajstić information content (AvgIpc) is 2.78. The van der Waals surface area contributed by atoms with E-state index < -0.39 is 0 Å². The van der Waals surface area contributed by atoms with Crippen LogP contribution in [0.5, 0.6) is 0 Å². The van der Waals surface area contributed by atoms with Gasteiger partial charge < -0.3 is 15.0 Å². The number of nitrogens with zero attached hydrogens (tertiary/aromatic N) is 1. The smallest absolute Gasteiger partial charge is 0.0590 e. The first-order chi connectivity index (χ1) is 9.83. The van der Waals surface area contributed by atoms with E-state index in [1.807, 2.05) is 0 Å². The van der Waals surface area contributed by atoms with Gasteiger partial charge in [0.05, 0.1) is 6.61 Å². The molecule has 1 aliphatic rings. The van der Waals surface area contributed by atoms with E-state index in [-0.39, 0.29) is 0 Å². The Balaban J connectivity index is 1.62. The molecular weight excluding hydrogens is 248 g/mol. The highest BCUT2D eigenvalue weighted by atomic mass is 16.5. The van der Waals surface area contributed by atoms with Crippen LogP contribution < -0.4 is 10.2 Å². The van der Waals surface area contributed by atoms with Gasteiger partial charge in [-0.3, -0.25) is 0 Å². The normalized spacial score (nSPS) is 17.5. The minimum Gasteiger partial charge on any atom is -0.380 e. The summed E-state index contributed by atoms with van der Waals surface area (Å²) >= 11 is 0. The third kappa shape index (κ3) is 4.22. The molecule has 2 rings (SSSR count). The van der Waals surface area contributed by atoms with Gasteiger partial charge in [0.2, 0.25) is 0 Å². The van der Waals surface area contributed by atoms with Crippen molar-refractivity contribution in [2.45, 2.75) is 39.2 Å². The maximum absolute atomic E-state index is 5.55. The van der Waals surface area contributed by atoms with Crippen molar-refractivity contribution in [1.29, 1.82) is 0 Å². The van der Waals surface area contributed by atoms with Gasteiger partial charge in [-0.2, -0.15) is 0 Å². The molecule has 0 bridgehead atoms. The predicted octanol–water partition coefficient (Wildman–Crippen LogP) is 2.84. The highest BCUT2D eigenvalue weighted by Crippen LogP contribution is 2.30. The molecule has 1 N–H and O–H groups in total. The van der Waals surface area contributed by atoms with Crippen molar-refractivity contribution in [3.05, 3.63) is 29.8 Å². The number of ether oxygens (including phenoxy) is 1. The third-order valence-electron chi connectivity index (χ3n) is 3.94. The first-order valence-corrected chi connectivity index (χ1v) is 7.96. The van der Waals surface area contributed by atoms with Crippen LogP contribution >= 0.6 is 0 Å².